The number of anilines is 1. The molecule has 0 spiro atoms. The van der Waals surface area contributed by atoms with Crippen LogP contribution in [0.1, 0.15) is 40.8 Å². The third-order valence-electron chi connectivity index (χ3n) is 4.08. The van der Waals surface area contributed by atoms with Crippen LogP contribution >= 0.6 is 11.3 Å². The number of hydrogen-bond acceptors (Lipinski definition) is 5. The van der Waals surface area contributed by atoms with E-state index in [1.54, 1.807) is 41.7 Å². The molecule has 2 aromatic heterocycles. The summed E-state index contributed by atoms with van der Waals surface area (Å²) < 4.78 is 0. The summed E-state index contributed by atoms with van der Waals surface area (Å²) in [6.45, 7) is 4.72. The van der Waals surface area contributed by atoms with Gasteiger partial charge in [0.25, 0.3) is 5.91 Å². The van der Waals surface area contributed by atoms with Gasteiger partial charge in [-0.05, 0) is 23.8 Å². The smallest absolute Gasteiger partial charge is 0.253 e. The Hall–Kier alpha value is -2.73. The molecule has 0 fully saturated rings. The van der Waals surface area contributed by atoms with Gasteiger partial charge in [-0.2, -0.15) is 0 Å². The Bertz CT molecular complexity index is 919. The number of nitrogens with zero attached hydrogens (tertiary/aromatic N) is 3. The average molecular weight is 366 g/mol. The molecule has 26 heavy (non-hydrogen) atoms. The molecule has 5 nitrogen and oxygen atoms in total. The number of amides is 1. The van der Waals surface area contributed by atoms with E-state index in [2.05, 4.69) is 23.8 Å². The molecule has 2 N–H and O–H groups in total. The van der Waals surface area contributed by atoms with Crippen LogP contribution in [0.25, 0.3) is 11.1 Å². The molecule has 0 atom stereocenters. The lowest BCUT2D eigenvalue weighted by molar-refractivity contribution is 0.0783. The monoisotopic (exact) mass is 366 g/mol. The lowest BCUT2D eigenvalue weighted by Gasteiger charge is -2.16. The van der Waals surface area contributed by atoms with Gasteiger partial charge >= 0.3 is 0 Å². The molecule has 0 aliphatic rings. The zero-order valence-corrected chi connectivity index (χ0v) is 16.0. The van der Waals surface area contributed by atoms with E-state index in [-0.39, 0.29) is 5.91 Å². The van der Waals surface area contributed by atoms with Crippen molar-refractivity contribution in [3.8, 4) is 11.1 Å². The van der Waals surface area contributed by atoms with Gasteiger partial charge in [0.2, 0.25) is 0 Å². The van der Waals surface area contributed by atoms with Crippen molar-refractivity contribution in [2.24, 2.45) is 0 Å². The summed E-state index contributed by atoms with van der Waals surface area (Å²) in [4.78, 5) is 23.2. The molecule has 2 heterocycles. The highest BCUT2D eigenvalue weighted by Gasteiger charge is 2.15. The van der Waals surface area contributed by atoms with Gasteiger partial charge in [0.1, 0.15) is 0 Å². The minimum Gasteiger partial charge on any atom is -0.398 e. The number of rotatable bonds is 5. The van der Waals surface area contributed by atoms with Crippen molar-refractivity contribution in [2.45, 2.75) is 26.3 Å². The summed E-state index contributed by atoms with van der Waals surface area (Å²) >= 11 is 1.64. The third-order valence-corrected chi connectivity index (χ3v) is 5.28. The quantitative estimate of drug-likeness (QED) is 0.735. The third kappa shape index (κ3) is 3.91. The van der Waals surface area contributed by atoms with Crippen LogP contribution < -0.4 is 5.73 Å². The molecule has 0 aliphatic carbocycles. The zero-order valence-electron chi connectivity index (χ0n) is 15.1. The normalized spacial score (nSPS) is 10.9. The summed E-state index contributed by atoms with van der Waals surface area (Å²) in [5.74, 6) is 0.352. The SMILES string of the molecule is CC(C)c1nc(CN(C)C(=O)c2cccc(-c3cnccc3N)c2)cs1. The van der Waals surface area contributed by atoms with Crippen LogP contribution in [0.5, 0.6) is 0 Å². The predicted molar refractivity (Wildman–Crippen MR) is 106 cm³/mol. The number of benzene rings is 1. The standard InChI is InChI=1S/C20H22N4OS/c1-13(2)19-23-16(12-26-19)11-24(3)20(25)15-6-4-5-14(9-15)17-10-22-8-7-18(17)21/h4-10,12-13H,11H2,1-3H3,(H2,21,22). The molecule has 3 aromatic rings. The van der Waals surface area contributed by atoms with E-state index in [1.165, 1.54) is 0 Å². The second-order valence-corrected chi connectivity index (χ2v) is 7.43. The second-order valence-electron chi connectivity index (χ2n) is 6.54. The van der Waals surface area contributed by atoms with Crippen molar-refractivity contribution in [1.82, 2.24) is 14.9 Å². The Morgan fingerprint density at radius 2 is 2.12 bits per heavy atom. The Labute approximate surface area is 157 Å². The van der Waals surface area contributed by atoms with Crippen LogP contribution in [-0.4, -0.2) is 27.8 Å². The number of aromatic nitrogens is 2. The van der Waals surface area contributed by atoms with Gasteiger partial charge in [0.15, 0.2) is 0 Å². The summed E-state index contributed by atoms with van der Waals surface area (Å²) in [6.07, 6.45) is 3.37. The average Bonchev–Trinajstić information content (AvgIpc) is 3.10. The first-order valence-corrected chi connectivity index (χ1v) is 9.33. The molecule has 0 unspecified atom stereocenters. The van der Waals surface area contributed by atoms with Crippen molar-refractivity contribution in [3.05, 3.63) is 64.4 Å². The first-order valence-electron chi connectivity index (χ1n) is 8.45. The fourth-order valence-electron chi connectivity index (χ4n) is 2.66. The van der Waals surface area contributed by atoms with Crippen LogP contribution in [0.4, 0.5) is 5.69 Å². The predicted octanol–water partition coefficient (Wildman–Crippen LogP) is 4.18. The minimum atomic E-state index is -0.0478. The molecular formula is C20H22N4OS. The Morgan fingerprint density at radius 1 is 1.31 bits per heavy atom. The Kier molecular flexibility index (Phi) is 5.32. The van der Waals surface area contributed by atoms with E-state index in [1.807, 2.05) is 29.6 Å². The number of nitrogen functional groups attached to an aromatic ring is 1. The lowest BCUT2D eigenvalue weighted by atomic mass is 10.0. The van der Waals surface area contributed by atoms with Gasteiger partial charge in [0, 0.05) is 47.6 Å². The van der Waals surface area contributed by atoms with E-state index in [9.17, 15) is 4.79 Å². The Morgan fingerprint density at radius 3 is 2.81 bits per heavy atom. The number of nitrogens with two attached hydrogens (primary N) is 1. The van der Waals surface area contributed by atoms with Crippen molar-refractivity contribution in [3.63, 3.8) is 0 Å². The maximum Gasteiger partial charge on any atom is 0.253 e. The van der Waals surface area contributed by atoms with E-state index in [4.69, 9.17) is 5.73 Å². The number of carbonyl (C=O) groups excluding carboxylic acids is 1. The molecule has 6 heteroatoms. The Balaban J connectivity index is 1.79. The topological polar surface area (TPSA) is 72.1 Å². The van der Waals surface area contributed by atoms with Crippen LogP contribution in [0.3, 0.4) is 0 Å². The van der Waals surface area contributed by atoms with Crippen LogP contribution in [0.15, 0.2) is 48.1 Å². The summed E-state index contributed by atoms with van der Waals surface area (Å²) in [5.41, 5.74) is 9.91. The van der Waals surface area contributed by atoms with Crippen molar-refractivity contribution in [2.75, 3.05) is 12.8 Å². The molecule has 1 aromatic carbocycles. The van der Waals surface area contributed by atoms with E-state index in [0.29, 0.717) is 23.7 Å². The van der Waals surface area contributed by atoms with Gasteiger partial charge in [0.05, 0.1) is 17.2 Å². The van der Waals surface area contributed by atoms with Gasteiger partial charge in [-0.3, -0.25) is 9.78 Å². The molecule has 134 valence electrons. The summed E-state index contributed by atoms with van der Waals surface area (Å²) in [6, 6.07) is 9.22. The zero-order chi connectivity index (χ0) is 18.7. The maximum atomic E-state index is 12.8. The number of hydrogen-bond donors (Lipinski definition) is 1. The molecular weight excluding hydrogens is 344 g/mol. The minimum absolute atomic E-state index is 0.0478. The van der Waals surface area contributed by atoms with Crippen molar-refractivity contribution in [1.29, 1.82) is 0 Å². The number of pyridine rings is 1. The van der Waals surface area contributed by atoms with E-state index in [0.717, 1.165) is 21.8 Å². The molecule has 1 amide bonds. The first kappa shape index (κ1) is 18.1. The second kappa shape index (κ2) is 7.66. The molecule has 0 bridgehead atoms. The van der Waals surface area contributed by atoms with Gasteiger partial charge in [-0.25, -0.2) is 4.98 Å². The van der Waals surface area contributed by atoms with Gasteiger partial charge < -0.3 is 10.6 Å². The van der Waals surface area contributed by atoms with Gasteiger partial charge in [-0.1, -0.05) is 26.0 Å². The maximum absolute atomic E-state index is 12.8. The molecule has 0 radical (unpaired) electrons. The van der Waals surface area contributed by atoms with Crippen LogP contribution in [0.2, 0.25) is 0 Å². The molecule has 0 aliphatic heterocycles. The molecule has 0 saturated carbocycles. The fraction of sp³-hybridized carbons (Fsp3) is 0.250. The first-order chi connectivity index (χ1) is 12.5. The largest absolute Gasteiger partial charge is 0.398 e. The van der Waals surface area contributed by atoms with Crippen molar-refractivity contribution < 1.29 is 4.79 Å². The van der Waals surface area contributed by atoms with Crippen LogP contribution in [-0.2, 0) is 6.54 Å². The van der Waals surface area contributed by atoms with E-state index >= 15 is 0 Å². The highest BCUT2D eigenvalue weighted by molar-refractivity contribution is 7.09. The van der Waals surface area contributed by atoms with Crippen LogP contribution in [0, 0.1) is 0 Å². The fourth-order valence-corrected chi connectivity index (χ4v) is 3.49. The summed E-state index contributed by atoms with van der Waals surface area (Å²) in [7, 11) is 1.79. The molecule has 0 saturated heterocycles. The van der Waals surface area contributed by atoms with Crippen molar-refractivity contribution >= 4 is 22.9 Å². The highest BCUT2D eigenvalue weighted by Crippen LogP contribution is 2.26. The lowest BCUT2D eigenvalue weighted by Crippen LogP contribution is -2.26. The highest BCUT2D eigenvalue weighted by atomic mass is 32.1. The van der Waals surface area contributed by atoms with E-state index < -0.39 is 0 Å². The number of thiazole rings is 1. The molecule has 3 rings (SSSR count). The number of carbonyl (C=O) groups is 1. The van der Waals surface area contributed by atoms with Gasteiger partial charge in [-0.15, -0.1) is 11.3 Å². The summed E-state index contributed by atoms with van der Waals surface area (Å²) in [5, 5.41) is 3.11.